The molecule has 1 aromatic rings. The lowest BCUT2D eigenvalue weighted by Gasteiger charge is -2.22. The van der Waals surface area contributed by atoms with Crippen LogP contribution in [0.1, 0.15) is 50.4 Å². The summed E-state index contributed by atoms with van der Waals surface area (Å²) in [6.07, 6.45) is 7.08. The summed E-state index contributed by atoms with van der Waals surface area (Å²) >= 11 is 0. The molecular weight excluding hydrogens is 238 g/mol. The Labute approximate surface area is 116 Å². The molecule has 0 bridgehead atoms. The summed E-state index contributed by atoms with van der Waals surface area (Å²) in [5.74, 6) is 0. The Kier molecular flexibility index (Phi) is 5.86. The predicted molar refractivity (Wildman–Crippen MR) is 77.2 cm³/mol. The van der Waals surface area contributed by atoms with Crippen molar-refractivity contribution in [3.8, 4) is 0 Å². The van der Waals surface area contributed by atoms with Crippen LogP contribution in [0.4, 0.5) is 0 Å². The third-order valence-corrected chi connectivity index (χ3v) is 3.78. The maximum Gasteiger partial charge on any atom is 0.0597 e. The fourth-order valence-corrected chi connectivity index (χ4v) is 2.76. The van der Waals surface area contributed by atoms with E-state index in [0.29, 0.717) is 6.10 Å². The van der Waals surface area contributed by atoms with Crippen LogP contribution in [0.2, 0.25) is 0 Å². The van der Waals surface area contributed by atoms with Crippen molar-refractivity contribution < 1.29 is 4.74 Å². The molecule has 0 radical (unpaired) electrons. The average molecular weight is 265 g/mol. The molecule has 0 spiro atoms. The monoisotopic (exact) mass is 265 g/mol. The van der Waals surface area contributed by atoms with Crippen LogP contribution < -0.4 is 5.32 Å². The molecule has 1 aliphatic rings. The molecule has 1 heterocycles. The normalized spacial score (nSPS) is 16.9. The first-order chi connectivity index (χ1) is 9.29. The van der Waals surface area contributed by atoms with E-state index in [9.17, 15) is 0 Å². The van der Waals surface area contributed by atoms with Crippen molar-refractivity contribution in [2.75, 3.05) is 13.2 Å². The fourth-order valence-electron chi connectivity index (χ4n) is 2.76. The van der Waals surface area contributed by atoms with Gasteiger partial charge in [0.05, 0.1) is 24.1 Å². The number of nitrogens with one attached hydrogen (secondary N) is 1. The number of hydrogen-bond acceptors (Lipinski definition) is 3. The Bertz CT molecular complexity index is 369. The summed E-state index contributed by atoms with van der Waals surface area (Å²) in [5.41, 5.74) is 2.36. The molecule has 0 atom stereocenters. The molecule has 1 aromatic heterocycles. The standard InChI is InChI=1S/C15H27N3O/c1-3-18-14(11-13(2)17-18)12-16-9-10-19-15-7-5-4-6-8-15/h11,15-16H,3-10,12H2,1-2H3. The zero-order valence-corrected chi connectivity index (χ0v) is 12.3. The molecule has 1 saturated carbocycles. The van der Waals surface area contributed by atoms with E-state index in [1.54, 1.807) is 0 Å². The molecule has 4 nitrogen and oxygen atoms in total. The van der Waals surface area contributed by atoms with Gasteiger partial charge in [0, 0.05) is 19.6 Å². The van der Waals surface area contributed by atoms with Crippen LogP contribution in [0.5, 0.6) is 0 Å². The molecule has 2 rings (SSSR count). The maximum absolute atomic E-state index is 5.90. The second-order valence-corrected chi connectivity index (χ2v) is 5.40. The molecule has 1 fully saturated rings. The van der Waals surface area contributed by atoms with Crippen LogP contribution in [0.15, 0.2) is 6.07 Å². The van der Waals surface area contributed by atoms with Gasteiger partial charge in [0.15, 0.2) is 0 Å². The number of aryl methyl sites for hydroxylation is 2. The SMILES string of the molecule is CCn1nc(C)cc1CNCCOC1CCCCC1. The van der Waals surface area contributed by atoms with Crippen molar-refractivity contribution in [2.24, 2.45) is 0 Å². The Hall–Kier alpha value is -0.870. The summed E-state index contributed by atoms with van der Waals surface area (Å²) in [7, 11) is 0. The van der Waals surface area contributed by atoms with Crippen LogP contribution in [-0.2, 0) is 17.8 Å². The average Bonchev–Trinajstić information content (AvgIpc) is 2.80. The third kappa shape index (κ3) is 4.62. The minimum Gasteiger partial charge on any atom is -0.377 e. The Morgan fingerprint density at radius 3 is 2.89 bits per heavy atom. The number of rotatable bonds is 7. The summed E-state index contributed by atoms with van der Waals surface area (Å²) in [4.78, 5) is 0. The second-order valence-electron chi connectivity index (χ2n) is 5.40. The number of ether oxygens (including phenoxy) is 1. The molecule has 19 heavy (non-hydrogen) atoms. The van der Waals surface area contributed by atoms with E-state index >= 15 is 0 Å². The molecular formula is C15H27N3O. The fraction of sp³-hybridized carbons (Fsp3) is 0.800. The van der Waals surface area contributed by atoms with E-state index in [2.05, 4.69) is 28.1 Å². The first kappa shape index (κ1) is 14.5. The van der Waals surface area contributed by atoms with E-state index in [0.717, 1.165) is 31.9 Å². The lowest BCUT2D eigenvalue weighted by Crippen LogP contribution is -2.25. The Morgan fingerprint density at radius 2 is 2.16 bits per heavy atom. The smallest absolute Gasteiger partial charge is 0.0597 e. The van der Waals surface area contributed by atoms with Crippen molar-refractivity contribution >= 4 is 0 Å². The van der Waals surface area contributed by atoms with Gasteiger partial charge in [-0.25, -0.2) is 0 Å². The molecule has 0 unspecified atom stereocenters. The van der Waals surface area contributed by atoms with E-state index < -0.39 is 0 Å². The molecule has 4 heteroatoms. The van der Waals surface area contributed by atoms with E-state index in [1.807, 2.05) is 6.92 Å². The zero-order valence-electron chi connectivity index (χ0n) is 12.3. The van der Waals surface area contributed by atoms with Crippen LogP contribution in [0, 0.1) is 6.92 Å². The number of hydrogen-bond donors (Lipinski definition) is 1. The van der Waals surface area contributed by atoms with Gasteiger partial charge in [0.1, 0.15) is 0 Å². The van der Waals surface area contributed by atoms with Crippen molar-refractivity contribution in [2.45, 2.75) is 65.1 Å². The maximum atomic E-state index is 5.90. The number of aromatic nitrogens is 2. The first-order valence-corrected chi connectivity index (χ1v) is 7.65. The largest absolute Gasteiger partial charge is 0.377 e. The summed E-state index contributed by atoms with van der Waals surface area (Å²) < 4.78 is 7.96. The van der Waals surface area contributed by atoms with Crippen molar-refractivity contribution in [1.29, 1.82) is 0 Å². The van der Waals surface area contributed by atoms with Gasteiger partial charge in [-0.3, -0.25) is 4.68 Å². The topological polar surface area (TPSA) is 39.1 Å². The van der Waals surface area contributed by atoms with E-state index in [-0.39, 0.29) is 0 Å². The molecule has 0 saturated heterocycles. The summed E-state index contributed by atoms with van der Waals surface area (Å²) in [6.45, 7) is 7.73. The van der Waals surface area contributed by atoms with Crippen LogP contribution in [-0.4, -0.2) is 29.0 Å². The highest BCUT2D eigenvalue weighted by molar-refractivity contribution is 5.08. The lowest BCUT2D eigenvalue weighted by molar-refractivity contribution is 0.0302. The highest BCUT2D eigenvalue weighted by Gasteiger charge is 2.13. The lowest BCUT2D eigenvalue weighted by atomic mass is 9.98. The molecule has 1 N–H and O–H groups in total. The zero-order chi connectivity index (χ0) is 13.5. The first-order valence-electron chi connectivity index (χ1n) is 7.65. The molecule has 0 aromatic carbocycles. The van der Waals surface area contributed by atoms with Crippen molar-refractivity contribution in [1.82, 2.24) is 15.1 Å². The van der Waals surface area contributed by atoms with Gasteiger partial charge in [0.25, 0.3) is 0 Å². The second kappa shape index (κ2) is 7.65. The predicted octanol–water partition coefficient (Wildman–Crippen LogP) is 2.65. The van der Waals surface area contributed by atoms with E-state index in [1.165, 1.54) is 37.8 Å². The van der Waals surface area contributed by atoms with Gasteiger partial charge in [-0.2, -0.15) is 5.10 Å². The number of nitrogens with zero attached hydrogens (tertiary/aromatic N) is 2. The van der Waals surface area contributed by atoms with Gasteiger partial charge in [-0.1, -0.05) is 19.3 Å². The van der Waals surface area contributed by atoms with Gasteiger partial charge in [-0.15, -0.1) is 0 Å². The third-order valence-electron chi connectivity index (χ3n) is 3.78. The van der Waals surface area contributed by atoms with Gasteiger partial charge >= 0.3 is 0 Å². The molecule has 0 aliphatic heterocycles. The van der Waals surface area contributed by atoms with Gasteiger partial charge in [-0.05, 0) is 32.8 Å². The quantitative estimate of drug-likeness (QED) is 0.770. The minimum absolute atomic E-state index is 0.513. The van der Waals surface area contributed by atoms with Crippen LogP contribution in [0.25, 0.3) is 0 Å². The highest BCUT2D eigenvalue weighted by Crippen LogP contribution is 2.19. The molecule has 0 amide bonds. The Morgan fingerprint density at radius 1 is 1.37 bits per heavy atom. The van der Waals surface area contributed by atoms with Gasteiger partial charge in [0.2, 0.25) is 0 Å². The summed E-state index contributed by atoms with van der Waals surface area (Å²) in [6, 6.07) is 2.15. The Balaban J connectivity index is 1.60. The summed E-state index contributed by atoms with van der Waals surface area (Å²) in [5, 5.41) is 7.89. The van der Waals surface area contributed by atoms with Gasteiger partial charge < -0.3 is 10.1 Å². The van der Waals surface area contributed by atoms with Crippen molar-refractivity contribution in [3.05, 3.63) is 17.5 Å². The van der Waals surface area contributed by atoms with E-state index in [4.69, 9.17) is 4.74 Å². The minimum atomic E-state index is 0.513. The van der Waals surface area contributed by atoms with Crippen LogP contribution >= 0.6 is 0 Å². The molecule has 108 valence electrons. The molecule has 1 aliphatic carbocycles. The highest BCUT2D eigenvalue weighted by atomic mass is 16.5. The van der Waals surface area contributed by atoms with Crippen molar-refractivity contribution in [3.63, 3.8) is 0 Å². The van der Waals surface area contributed by atoms with Crippen LogP contribution in [0.3, 0.4) is 0 Å².